The van der Waals surface area contributed by atoms with Crippen molar-refractivity contribution in [2.45, 2.75) is 44.9 Å². The van der Waals surface area contributed by atoms with Crippen molar-refractivity contribution in [3.05, 3.63) is 137 Å². The van der Waals surface area contributed by atoms with Crippen LogP contribution in [0.25, 0.3) is 0 Å². The molecule has 3 nitrogen and oxygen atoms in total. The van der Waals surface area contributed by atoms with Gasteiger partial charge in [-0.1, -0.05) is 97.1 Å². The molecule has 0 aliphatic carbocycles. The number of hydrogen-bond acceptors (Lipinski definition) is 3. The highest BCUT2D eigenvalue weighted by atomic mass is 16.5. The van der Waals surface area contributed by atoms with E-state index in [1.54, 1.807) is 0 Å². The van der Waals surface area contributed by atoms with E-state index in [0.717, 1.165) is 36.3 Å². The molecule has 3 heteroatoms. The molecule has 0 aliphatic heterocycles. The maximum absolute atomic E-state index is 5.95. The maximum atomic E-state index is 5.95. The fraction of sp³-hybridized carbons (Fsp3) is 0.250. The molecule has 0 heterocycles. The van der Waals surface area contributed by atoms with E-state index in [2.05, 4.69) is 121 Å². The highest BCUT2D eigenvalue weighted by molar-refractivity contribution is 5.32. The van der Waals surface area contributed by atoms with Gasteiger partial charge in [0, 0.05) is 18.5 Å². The largest absolute Gasteiger partial charge is 0.489 e. The predicted octanol–water partition coefficient (Wildman–Crippen LogP) is 6.47. The van der Waals surface area contributed by atoms with Gasteiger partial charge in [0.1, 0.15) is 12.4 Å². The number of nitrogens with one attached hydrogen (secondary N) is 1. The van der Waals surface area contributed by atoms with Gasteiger partial charge in [-0.3, -0.25) is 0 Å². The normalized spacial score (nSPS) is 12.0. The molecule has 0 fully saturated rings. The Balaban J connectivity index is 1.25. The van der Waals surface area contributed by atoms with Crippen LogP contribution in [0.4, 0.5) is 0 Å². The summed E-state index contributed by atoms with van der Waals surface area (Å²) in [6.45, 7) is 4.36. The van der Waals surface area contributed by atoms with Crippen LogP contribution < -0.4 is 15.8 Å². The molecule has 0 saturated heterocycles. The minimum Gasteiger partial charge on any atom is -0.489 e. The summed E-state index contributed by atoms with van der Waals surface area (Å²) >= 11 is 0. The predicted molar refractivity (Wildman–Crippen MR) is 146 cm³/mol. The van der Waals surface area contributed by atoms with Gasteiger partial charge in [-0.25, -0.2) is 0 Å². The molecular formula is C32H36N2O. The zero-order valence-electron chi connectivity index (χ0n) is 20.6. The van der Waals surface area contributed by atoms with Crippen LogP contribution in [-0.2, 0) is 19.6 Å². The Labute approximate surface area is 210 Å². The number of hydrogen-bond donors (Lipinski definition) is 2. The summed E-state index contributed by atoms with van der Waals surface area (Å²) in [4.78, 5) is 0. The second kappa shape index (κ2) is 12.9. The maximum Gasteiger partial charge on any atom is 0.119 e. The first-order valence-corrected chi connectivity index (χ1v) is 12.5. The molecule has 180 valence electrons. The second-order valence-electron chi connectivity index (χ2n) is 9.18. The van der Waals surface area contributed by atoms with Crippen molar-refractivity contribution in [3.63, 3.8) is 0 Å². The first-order chi connectivity index (χ1) is 17.2. The van der Waals surface area contributed by atoms with Crippen molar-refractivity contribution in [2.24, 2.45) is 5.73 Å². The number of nitrogens with two attached hydrogens (primary N) is 1. The van der Waals surface area contributed by atoms with Crippen molar-refractivity contribution in [1.29, 1.82) is 0 Å². The molecule has 0 spiro atoms. The Kier molecular flexibility index (Phi) is 9.11. The lowest BCUT2D eigenvalue weighted by atomic mass is 9.88. The van der Waals surface area contributed by atoms with Crippen LogP contribution in [0.3, 0.4) is 0 Å². The second-order valence-corrected chi connectivity index (χ2v) is 9.18. The molecule has 1 atom stereocenters. The molecule has 4 aromatic rings. The molecule has 0 radical (unpaired) electrons. The molecule has 0 aromatic heterocycles. The third-order valence-electron chi connectivity index (χ3n) is 6.46. The van der Waals surface area contributed by atoms with Gasteiger partial charge >= 0.3 is 0 Å². The van der Waals surface area contributed by atoms with Crippen LogP contribution in [0, 0.1) is 0 Å². The van der Waals surface area contributed by atoms with Crippen molar-refractivity contribution in [1.82, 2.24) is 5.32 Å². The zero-order valence-corrected chi connectivity index (χ0v) is 20.6. The van der Waals surface area contributed by atoms with E-state index in [1.165, 1.54) is 16.7 Å². The van der Waals surface area contributed by atoms with E-state index < -0.39 is 0 Å². The Morgan fingerprint density at radius 3 is 1.80 bits per heavy atom. The lowest BCUT2D eigenvalue weighted by molar-refractivity contribution is 0.306. The molecule has 0 bridgehead atoms. The van der Waals surface area contributed by atoms with Crippen LogP contribution in [0.15, 0.2) is 109 Å². The van der Waals surface area contributed by atoms with Crippen LogP contribution in [0.1, 0.15) is 47.1 Å². The van der Waals surface area contributed by atoms with Crippen LogP contribution >= 0.6 is 0 Å². The summed E-state index contributed by atoms with van der Waals surface area (Å²) in [6, 6.07) is 38.8. The van der Waals surface area contributed by atoms with Crippen LogP contribution in [0.5, 0.6) is 5.75 Å². The van der Waals surface area contributed by atoms with Gasteiger partial charge < -0.3 is 15.8 Å². The first kappa shape index (κ1) is 24.7. The van der Waals surface area contributed by atoms with Crippen LogP contribution in [-0.4, -0.2) is 12.6 Å². The third kappa shape index (κ3) is 7.54. The SMILES string of the molecule is CC(Cc1ccc(OCc2ccc(CN)cc2)cc1)NCCC(c1ccccc1)c1ccccc1. The summed E-state index contributed by atoms with van der Waals surface area (Å²) in [5.74, 6) is 1.30. The quantitative estimate of drug-likeness (QED) is 0.253. The smallest absolute Gasteiger partial charge is 0.119 e. The van der Waals surface area contributed by atoms with E-state index >= 15 is 0 Å². The van der Waals surface area contributed by atoms with Gasteiger partial charge in [-0.2, -0.15) is 0 Å². The third-order valence-corrected chi connectivity index (χ3v) is 6.46. The molecule has 0 saturated carbocycles. The zero-order chi connectivity index (χ0) is 24.3. The van der Waals surface area contributed by atoms with Gasteiger partial charge in [0.25, 0.3) is 0 Å². The average molecular weight is 465 g/mol. The first-order valence-electron chi connectivity index (χ1n) is 12.5. The lowest BCUT2D eigenvalue weighted by Gasteiger charge is -2.20. The fourth-order valence-corrected chi connectivity index (χ4v) is 4.46. The van der Waals surface area contributed by atoms with Crippen LogP contribution in [0.2, 0.25) is 0 Å². The summed E-state index contributed by atoms with van der Waals surface area (Å²) in [6.07, 6.45) is 2.06. The summed E-state index contributed by atoms with van der Waals surface area (Å²) < 4.78 is 5.95. The van der Waals surface area contributed by atoms with Gasteiger partial charge in [-0.15, -0.1) is 0 Å². The minimum atomic E-state index is 0.398. The highest BCUT2D eigenvalue weighted by Gasteiger charge is 2.14. The number of rotatable bonds is 12. The number of benzene rings is 4. The Bertz CT molecular complexity index is 1090. The topological polar surface area (TPSA) is 47.3 Å². The Morgan fingerprint density at radius 2 is 1.23 bits per heavy atom. The molecule has 3 N–H and O–H groups in total. The summed E-state index contributed by atoms with van der Waals surface area (Å²) in [5.41, 5.74) is 12.0. The molecule has 4 aromatic carbocycles. The Morgan fingerprint density at radius 1 is 0.686 bits per heavy atom. The van der Waals surface area contributed by atoms with E-state index in [1.807, 2.05) is 0 Å². The van der Waals surface area contributed by atoms with E-state index in [0.29, 0.717) is 25.1 Å². The van der Waals surface area contributed by atoms with Gasteiger partial charge in [0.15, 0.2) is 0 Å². The molecule has 0 aliphatic rings. The lowest BCUT2D eigenvalue weighted by Crippen LogP contribution is -2.30. The van der Waals surface area contributed by atoms with E-state index in [4.69, 9.17) is 10.5 Å². The summed E-state index contributed by atoms with van der Waals surface area (Å²) in [7, 11) is 0. The summed E-state index contributed by atoms with van der Waals surface area (Å²) in [5, 5.41) is 3.73. The fourth-order valence-electron chi connectivity index (χ4n) is 4.46. The minimum absolute atomic E-state index is 0.398. The van der Waals surface area contributed by atoms with E-state index in [9.17, 15) is 0 Å². The molecule has 1 unspecified atom stereocenters. The monoisotopic (exact) mass is 464 g/mol. The average Bonchev–Trinajstić information content (AvgIpc) is 2.92. The van der Waals surface area contributed by atoms with Gasteiger partial charge in [0.2, 0.25) is 0 Å². The molecule has 4 rings (SSSR count). The molecular weight excluding hydrogens is 428 g/mol. The van der Waals surface area contributed by atoms with E-state index in [-0.39, 0.29) is 0 Å². The molecule has 0 amide bonds. The highest BCUT2D eigenvalue weighted by Crippen LogP contribution is 2.27. The van der Waals surface area contributed by atoms with Crippen molar-refractivity contribution in [2.75, 3.05) is 6.54 Å². The van der Waals surface area contributed by atoms with Crippen molar-refractivity contribution < 1.29 is 4.74 Å². The Hall–Kier alpha value is -3.40. The number of ether oxygens (including phenoxy) is 1. The molecule has 35 heavy (non-hydrogen) atoms. The van der Waals surface area contributed by atoms with Crippen molar-refractivity contribution >= 4 is 0 Å². The van der Waals surface area contributed by atoms with Crippen molar-refractivity contribution in [3.8, 4) is 5.75 Å². The van der Waals surface area contributed by atoms with Gasteiger partial charge in [0.05, 0.1) is 0 Å². The van der Waals surface area contributed by atoms with Gasteiger partial charge in [-0.05, 0) is 66.3 Å². The standard InChI is InChI=1S/C32H36N2O/c1-25(34-21-20-32(29-8-4-2-5-9-29)30-10-6-3-7-11-30)22-26-16-18-31(19-17-26)35-24-28-14-12-27(23-33)13-15-28/h2-19,25,32,34H,20-24,33H2,1H3.